The SMILES string of the molecule is COc1cccc(F)c1-c1nccc(-c2cnn(-c3cccc(OC[C@H](N)C(C)(C)C)n3)c2)n1. The molecule has 9 heteroatoms. The van der Waals surface area contributed by atoms with Crippen molar-refractivity contribution in [2.75, 3.05) is 13.7 Å². The summed E-state index contributed by atoms with van der Waals surface area (Å²) in [5.41, 5.74) is 7.63. The van der Waals surface area contributed by atoms with Crippen LogP contribution >= 0.6 is 0 Å². The van der Waals surface area contributed by atoms with Crippen LogP contribution in [0.3, 0.4) is 0 Å². The monoisotopic (exact) mass is 462 g/mol. The molecule has 3 heterocycles. The van der Waals surface area contributed by atoms with Gasteiger partial charge < -0.3 is 15.2 Å². The quantitative estimate of drug-likeness (QED) is 0.437. The van der Waals surface area contributed by atoms with Gasteiger partial charge in [0.05, 0.1) is 24.6 Å². The number of methoxy groups -OCH3 is 1. The highest BCUT2D eigenvalue weighted by molar-refractivity contribution is 5.68. The van der Waals surface area contributed by atoms with E-state index in [1.165, 1.54) is 13.2 Å². The Kier molecular flexibility index (Phi) is 6.56. The molecule has 176 valence electrons. The Morgan fingerprint density at radius 3 is 2.65 bits per heavy atom. The average molecular weight is 463 g/mol. The Morgan fingerprint density at radius 1 is 1.09 bits per heavy atom. The molecule has 34 heavy (non-hydrogen) atoms. The molecule has 4 rings (SSSR count). The number of hydrogen-bond donors (Lipinski definition) is 1. The normalized spacial score (nSPS) is 12.4. The van der Waals surface area contributed by atoms with E-state index in [9.17, 15) is 4.39 Å². The van der Waals surface area contributed by atoms with E-state index in [2.05, 4.69) is 40.8 Å². The molecule has 0 spiro atoms. The van der Waals surface area contributed by atoms with Crippen LogP contribution in [-0.2, 0) is 0 Å². The van der Waals surface area contributed by atoms with Gasteiger partial charge in [0.25, 0.3) is 0 Å². The largest absolute Gasteiger partial charge is 0.496 e. The lowest BCUT2D eigenvalue weighted by Gasteiger charge is -2.26. The van der Waals surface area contributed by atoms with Crippen molar-refractivity contribution in [3.63, 3.8) is 0 Å². The number of rotatable bonds is 7. The van der Waals surface area contributed by atoms with Crippen LogP contribution in [-0.4, -0.2) is 44.5 Å². The summed E-state index contributed by atoms with van der Waals surface area (Å²) in [5, 5.41) is 4.41. The second kappa shape index (κ2) is 9.56. The van der Waals surface area contributed by atoms with Crippen molar-refractivity contribution in [2.24, 2.45) is 11.1 Å². The van der Waals surface area contributed by atoms with Gasteiger partial charge in [0, 0.05) is 30.1 Å². The zero-order valence-corrected chi connectivity index (χ0v) is 19.6. The molecular weight excluding hydrogens is 435 g/mol. The van der Waals surface area contributed by atoms with E-state index in [0.717, 1.165) is 5.56 Å². The first-order valence-electron chi connectivity index (χ1n) is 10.8. The van der Waals surface area contributed by atoms with Gasteiger partial charge in [-0.25, -0.2) is 19.0 Å². The molecule has 1 aromatic carbocycles. The Hall–Kier alpha value is -3.85. The number of ether oxygens (including phenoxy) is 2. The highest BCUT2D eigenvalue weighted by Crippen LogP contribution is 2.31. The third-order valence-corrected chi connectivity index (χ3v) is 5.42. The first-order chi connectivity index (χ1) is 16.3. The van der Waals surface area contributed by atoms with Gasteiger partial charge in [-0.1, -0.05) is 32.9 Å². The van der Waals surface area contributed by atoms with Gasteiger partial charge in [-0.3, -0.25) is 0 Å². The molecule has 1 atom stereocenters. The lowest BCUT2D eigenvalue weighted by molar-refractivity contribution is 0.200. The molecule has 2 N–H and O–H groups in total. The summed E-state index contributed by atoms with van der Waals surface area (Å²) < 4.78 is 27.2. The van der Waals surface area contributed by atoms with Crippen LogP contribution in [0.15, 0.2) is 61.1 Å². The van der Waals surface area contributed by atoms with E-state index in [1.807, 2.05) is 12.1 Å². The van der Waals surface area contributed by atoms with Crippen molar-refractivity contribution in [3.05, 3.63) is 66.9 Å². The van der Waals surface area contributed by atoms with Gasteiger partial charge in [-0.2, -0.15) is 10.1 Å². The standard InChI is InChI=1S/C25H27FN6O2/c1-25(2,3)20(27)15-34-22-10-6-9-21(31-22)32-14-16(13-29-32)18-11-12-28-24(30-18)23-17(26)7-5-8-19(23)33-4/h5-14,20H,15,27H2,1-4H3/t20-/m0/s1. The third kappa shape index (κ3) is 5.04. The summed E-state index contributed by atoms with van der Waals surface area (Å²) >= 11 is 0. The Morgan fingerprint density at radius 2 is 1.88 bits per heavy atom. The predicted octanol–water partition coefficient (Wildman–Crippen LogP) is 4.29. The van der Waals surface area contributed by atoms with Crippen LogP contribution in [0.2, 0.25) is 0 Å². The van der Waals surface area contributed by atoms with Crippen LogP contribution in [0.5, 0.6) is 11.6 Å². The van der Waals surface area contributed by atoms with Gasteiger partial charge in [0.1, 0.15) is 18.2 Å². The summed E-state index contributed by atoms with van der Waals surface area (Å²) in [4.78, 5) is 13.3. The maximum Gasteiger partial charge on any atom is 0.215 e. The minimum atomic E-state index is -0.459. The zero-order chi connectivity index (χ0) is 24.3. The van der Waals surface area contributed by atoms with E-state index >= 15 is 0 Å². The van der Waals surface area contributed by atoms with Crippen molar-refractivity contribution >= 4 is 0 Å². The summed E-state index contributed by atoms with van der Waals surface area (Å²) in [6, 6.07) is 11.6. The average Bonchev–Trinajstić information content (AvgIpc) is 3.32. The van der Waals surface area contributed by atoms with Crippen molar-refractivity contribution in [1.29, 1.82) is 0 Å². The lowest BCUT2D eigenvalue weighted by Crippen LogP contribution is -2.40. The smallest absolute Gasteiger partial charge is 0.215 e. The lowest BCUT2D eigenvalue weighted by atomic mass is 9.88. The molecule has 0 aliphatic carbocycles. The second-order valence-corrected chi connectivity index (χ2v) is 8.87. The summed E-state index contributed by atoms with van der Waals surface area (Å²) in [5.74, 6) is 1.17. The molecule has 3 aromatic heterocycles. The number of nitrogens with zero attached hydrogens (tertiary/aromatic N) is 5. The molecule has 0 aliphatic heterocycles. The highest BCUT2D eigenvalue weighted by Gasteiger charge is 2.21. The fourth-order valence-corrected chi connectivity index (χ4v) is 3.15. The molecule has 8 nitrogen and oxygen atoms in total. The van der Waals surface area contributed by atoms with Crippen LogP contribution in [0.1, 0.15) is 20.8 Å². The molecule has 0 saturated carbocycles. The molecule has 4 aromatic rings. The number of pyridine rings is 1. The van der Waals surface area contributed by atoms with E-state index in [4.69, 9.17) is 15.2 Å². The maximum absolute atomic E-state index is 14.5. The maximum atomic E-state index is 14.5. The molecule has 0 fully saturated rings. The van der Waals surface area contributed by atoms with Gasteiger partial charge in [-0.15, -0.1) is 0 Å². The summed E-state index contributed by atoms with van der Waals surface area (Å²) in [6.45, 7) is 6.55. The van der Waals surface area contributed by atoms with Crippen molar-refractivity contribution < 1.29 is 13.9 Å². The predicted molar refractivity (Wildman–Crippen MR) is 127 cm³/mol. The van der Waals surface area contributed by atoms with E-state index in [1.54, 1.807) is 47.5 Å². The summed E-state index contributed by atoms with van der Waals surface area (Å²) in [6.07, 6.45) is 5.03. The minimum Gasteiger partial charge on any atom is -0.496 e. The molecule has 0 saturated heterocycles. The first-order valence-corrected chi connectivity index (χ1v) is 10.8. The van der Waals surface area contributed by atoms with Crippen LogP contribution in [0, 0.1) is 11.2 Å². The number of aromatic nitrogens is 5. The Bertz CT molecular complexity index is 1280. The number of benzene rings is 1. The number of hydrogen-bond acceptors (Lipinski definition) is 7. The Balaban J connectivity index is 1.58. The van der Waals surface area contributed by atoms with Crippen LogP contribution < -0.4 is 15.2 Å². The van der Waals surface area contributed by atoms with Crippen molar-refractivity contribution in [1.82, 2.24) is 24.7 Å². The fourth-order valence-electron chi connectivity index (χ4n) is 3.15. The second-order valence-electron chi connectivity index (χ2n) is 8.87. The molecule has 0 radical (unpaired) electrons. The van der Waals surface area contributed by atoms with Gasteiger partial charge in [-0.05, 0) is 29.7 Å². The van der Waals surface area contributed by atoms with Crippen molar-refractivity contribution in [2.45, 2.75) is 26.8 Å². The summed E-state index contributed by atoms with van der Waals surface area (Å²) in [7, 11) is 1.48. The van der Waals surface area contributed by atoms with E-state index < -0.39 is 5.82 Å². The van der Waals surface area contributed by atoms with Gasteiger partial charge >= 0.3 is 0 Å². The first kappa shape index (κ1) is 23.3. The van der Waals surface area contributed by atoms with Gasteiger partial charge in [0.15, 0.2) is 11.6 Å². The van der Waals surface area contributed by atoms with E-state index in [0.29, 0.717) is 29.7 Å². The molecule has 0 amide bonds. The highest BCUT2D eigenvalue weighted by atomic mass is 19.1. The topological polar surface area (TPSA) is 101 Å². The Labute approximate surface area is 197 Å². The fraction of sp³-hybridized carbons (Fsp3) is 0.280. The molecule has 0 unspecified atom stereocenters. The van der Waals surface area contributed by atoms with Crippen LogP contribution in [0.4, 0.5) is 4.39 Å². The van der Waals surface area contributed by atoms with Crippen molar-refractivity contribution in [3.8, 4) is 40.1 Å². The molecular formula is C25H27FN6O2. The zero-order valence-electron chi connectivity index (χ0n) is 19.6. The van der Waals surface area contributed by atoms with Gasteiger partial charge in [0.2, 0.25) is 5.88 Å². The minimum absolute atomic E-state index is 0.0719. The van der Waals surface area contributed by atoms with E-state index in [-0.39, 0.29) is 22.8 Å². The molecule has 0 aliphatic rings. The van der Waals surface area contributed by atoms with Crippen LogP contribution in [0.25, 0.3) is 28.5 Å². The number of nitrogens with two attached hydrogens (primary N) is 1. The third-order valence-electron chi connectivity index (χ3n) is 5.42. The number of halogens is 1. The molecule has 0 bridgehead atoms.